The van der Waals surface area contributed by atoms with Crippen molar-refractivity contribution in [3.05, 3.63) is 59.9 Å². The van der Waals surface area contributed by atoms with Crippen molar-refractivity contribution in [2.45, 2.75) is 84.4 Å². The second kappa shape index (κ2) is 17.5. The lowest BCUT2D eigenvalue weighted by atomic mass is 10.0. The molecule has 10 heteroatoms. The van der Waals surface area contributed by atoms with Crippen LogP contribution in [0.2, 0.25) is 0 Å². The smallest absolute Gasteiger partial charge is 0.266 e. The Morgan fingerprint density at radius 1 is 1.32 bits per heavy atom. The third-order valence-corrected chi connectivity index (χ3v) is 5.83. The van der Waals surface area contributed by atoms with Gasteiger partial charge in [0.1, 0.15) is 10.7 Å². The summed E-state index contributed by atoms with van der Waals surface area (Å²) in [5.41, 5.74) is 1.01. The number of allylic oxidation sites excluding steroid dienone is 5. The standard InChI is InChI=1S/C16H18ClFN2O2S.C7H10F2S.C5H10/c1-10-11(18)9-16(2,17)15(20-10)22-13-5-4-8-19-12(13)6-7-14(23)21-3;1-5(4-6(2)10)7(3,8)9;1-3-5-4-2/h4-5,8H,6-7,9H2,1-3H3;4H,1-3H3;3H,1,4-5H2,2H3/b;5-4+;. The first-order valence-electron chi connectivity index (χ1n) is 12.1. The zero-order valence-corrected chi connectivity index (χ0v) is 25.6. The fraction of sp³-hybridized carbons (Fsp3) is 0.500. The second-order valence-electron chi connectivity index (χ2n) is 8.81. The molecular formula is C28H38ClF3N2O2S2. The number of pyridine rings is 1. The number of methoxy groups -OCH3 is 1. The molecule has 0 saturated carbocycles. The number of ether oxygens (including phenoxy) is 2. The van der Waals surface area contributed by atoms with Crippen LogP contribution in [0.1, 0.15) is 72.9 Å². The van der Waals surface area contributed by atoms with E-state index in [9.17, 15) is 13.2 Å². The Morgan fingerprint density at radius 3 is 2.39 bits per heavy atom. The van der Waals surface area contributed by atoms with Gasteiger partial charge in [0, 0.05) is 37.2 Å². The minimum Gasteiger partial charge on any atom is -0.490 e. The van der Waals surface area contributed by atoms with E-state index in [1.165, 1.54) is 26.5 Å². The second-order valence-corrected chi connectivity index (χ2v) is 10.7. The van der Waals surface area contributed by atoms with E-state index in [1.54, 1.807) is 39.1 Å². The highest BCUT2D eigenvalue weighted by Crippen LogP contribution is 2.34. The summed E-state index contributed by atoms with van der Waals surface area (Å²) >= 11 is 16.0. The Bertz CT molecular complexity index is 1050. The highest BCUT2D eigenvalue weighted by molar-refractivity contribution is 7.80. The van der Waals surface area contributed by atoms with E-state index >= 15 is 0 Å². The summed E-state index contributed by atoms with van der Waals surface area (Å²) in [5, 5.41) is 0.500. The summed E-state index contributed by atoms with van der Waals surface area (Å²) in [7, 11) is 1.54. The van der Waals surface area contributed by atoms with E-state index in [2.05, 4.69) is 35.7 Å². The predicted molar refractivity (Wildman–Crippen MR) is 161 cm³/mol. The van der Waals surface area contributed by atoms with Gasteiger partial charge in [-0.05, 0) is 70.1 Å². The van der Waals surface area contributed by atoms with Crippen LogP contribution in [0.5, 0.6) is 5.75 Å². The van der Waals surface area contributed by atoms with Crippen LogP contribution in [0.4, 0.5) is 13.2 Å². The van der Waals surface area contributed by atoms with E-state index in [0.717, 1.165) is 19.0 Å². The van der Waals surface area contributed by atoms with Crippen LogP contribution < -0.4 is 4.74 Å². The molecule has 212 valence electrons. The topological polar surface area (TPSA) is 43.7 Å². The minimum absolute atomic E-state index is 0.0139. The van der Waals surface area contributed by atoms with E-state index < -0.39 is 10.8 Å². The minimum atomic E-state index is -2.74. The number of unbranched alkanes of at least 4 members (excludes halogenated alkanes) is 1. The molecule has 1 aliphatic rings. The monoisotopic (exact) mass is 590 g/mol. The molecule has 2 rings (SSSR count). The average molecular weight is 591 g/mol. The maximum absolute atomic E-state index is 13.7. The molecule has 1 aliphatic heterocycles. The summed E-state index contributed by atoms with van der Waals surface area (Å²) in [6, 6.07) is 3.53. The first-order valence-corrected chi connectivity index (χ1v) is 13.3. The maximum Gasteiger partial charge on any atom is 0.266 e. The van der Waals surface area contributed by atoms with Gasteiger partial charge in [0.2, 0.25) is 5.90 Å². The number of rotatable bonds is 8. The van der Waals surface area contributed by atoms with Crippen molar-refractivity contribution in [1.82, 2.24) is 4.98 Å². The van der Waals surface area contributed by atoms with E-state index in [-0.39, 0.29) is 29.4 Å². The normalized spacial score (nSPS) is 17.2. The first-order chi connectivity index (χ1) is 17.6. The fourth-order valence-corrected chi connectivity index (χ4v) is 3.20. The lowest BCUT2D eigenvalue weighted by Crippen LogP contribution is -2.36. The van der Waals surface area contributed by atoms with Crippen LogP contribution in [0, 0.1) is 0 Å². The first kappa shape index (κ1) is 35.9. The third kappa shape index (κ3) is 14.2. The molecule has 2 heterocycles. The SMILES string of the molecule is C=CCCC.CC(=S)/C=C(\C)C(C)(F)F.COC(=S)CCc1ncccc1OC1=NC(C)=C(F)CC1(C)Cl. The molecule has 0 aliphatic carbocycles. The largest absolute Gasteiger partial charge is 0.490 e. The number of nitrogens with zero attached hydrogens (tertiary/aromatic N) is 2. The van der Waals surface area contributed by atoms with Gasteiger partial charge in [0.25, 0.3) is 5.92 Å². The van der Waals surface area contributed by atoms with Gasteiger partial charge >= 0.3 is 0 Å². The molecule has 0 spiro atoms. The number of thiocarbonyl (C=S) groups is 2. The molecule has 0 saturated heterocycles. The van der Waals surface area contributed by atoms with Gasteiger partial charge in [0.05, 0.1) is 18.5 Å². The van der Waals surface area contributed by atoms with E-state index in [0.29, 0.717) is 28.5 Å². The molecule has 0 bridgehead atoms. The summed E-state index contributed by atoms with van der Waals surface area (Å²) in [6.45, 7) is 12.8. The van der Waals surface area contributed by atoms with Gasteiger partial charge < -0.3 is 9.47 Å². The molecule has 1 unspecified atom stereocenters. The van der Waals surface area contributed by atoms with Crippen molar-refractivity contribution in [3.8, 4) is 5.75 Å². The van der Waals surface area contributed by atoms with Crippen LogP contribution in [0.15, 0.2) is 59.1 Å². The molecule has 0 aromatic carbocycles. The number of halogens is 4. The molecule has 0 fully saturated rings. The quantitative estimate of drug-likeness (QED) is 0.131. The number of hydrogen-bond acceptors (Lipinski definition) is 6. The Labute approximate surface area is 241 Å². The van der Waals surface area contributed by atoms with Crippen LogP contribution in [-0.4, -0.2) is 38.7 Å². The van der Waals surface area contributed by atoms with Crippen molar-refractivity contribution >= 4 is 51.8 Å². The number of aryl methyl sites for hydroxylation is 1. The van der Waals surface area contributed by atoms with Crippen molar-refractivity contribution in [1.29, 1.82) is 0 Å². The Kier molecular flexibility index (Phi) is 16.5. The zero-order valence-electron chi connectivity index (χ0n) is 23.2. The van der Waals surface area contributed by atoms with Crippen LogP contribution >= 0.6 is 36.0 Å². The van der Waals surface area contributed by atoms with Crippen LogP contribution in [0.3, 0.4) is 0 Å². The van der Waals surface area contributed by atoms with Crippen molar-refractivity contribution in [3.63, 3.8) is 0 Å². The highest BCUT2D eigenvalue weighted by Gasteiger charge is 2.36. The summed E-state index contributed by atoms with van der Waals surface area (Å²) in [6.07, 6.45) is 8.46. The van der Waals surface area contributed by atoms with Gasteiger partial charge in [-0.3, -0.25) is 4.98 Å². The molecule has 4 nitrogen and oxygen atoms in total. The molecular weight excluding hydrogens is 553 g/mol. The number of aliphatic imine (C=N–C) groups is 1. The maximum atomic E-state index is 13.7. The summed E-state index contributed by atoms with van der Waals surface area (Å²) in [5.74, 6) is -2.26. The lowest BCUT2D eigenvalue weighted by Gasteiger charge is -2.27. The predicted octanol–water partition coefficient (Wildman–Crippen LogP) is 9.32. The molecule has 1 aromatic heterocycles. The third-order valence-electron chi connectivity index (χ3n) is 5.05. The Morgan fingerprint density at radius 2 is 1.95 bits per heavy atom. The van der Waals surface area contributed by atoms with Gasteiger partial charge in [-0.15, -0.1) is 18.2 Å². The number of hydrogen-bond donors (Lipinski definition) is 0. The summed E-state index contributed by atoms with van der Waals surface area (Å²) in [4.78, 5) is 7.92. The zero-order chi connectivity index (χ0) is 29.5. The average Bonchev–Trinajstić information content (AvgIpc) is 2.82. The fourth-order valence-electron chi connectivity index (χ4n) is 2.72. The van der Waals surface area contributed by atoms with Gasteiger partial charge in [-0.25, -0.2) is 18.2 Å². The Hall–Kier alpha value is -2.10. The molecule has 0 N–H and O–H groups in total. The van der Waals surface area contributed by atoms with Crippen molar-refractivity contribution < 1.29 is 22.6 Å². The van der Waals surface area contributed by atoms with Gasteiger partial charge in [0.15, 0.2) is 10.8 Å². The van der Waals surface area contributed by atoms with Gasteiger partial charge in [-0.2, -0.15) is 0 Å². The van der Waals surface area contributed by atoms with Crippen molar-refractivity contribution in [2.75, 3.05) is 7.11 Å². The lowest BCUT2D eigenvalue weighted by molar-refractivity contribution is 0.0637. The van der Waals surface area contributed by atoms with E-state index in [1.807, 2.05) is 6.08 Å². The van der Waals surface area contributed by atoms with Crippen molar-refractivity contribution in [2.24, 2.45) is 4.99 Å². The Balaban J connectivity index is 0.000000756. The molecule has 0 radical (unpaired) electrons. The van der Waals surface area contributed by atoms with E-state index in [4.69, 9.17) is 33.3 Å². The molecule has 1 aromatic rings. The molecule has 0 amide bonds. The van der Waals surface area contributed by atoms with Gasteiger partial charge in [-0.1, -0.05) is 31.6 Å². The van der Waals surface area contributed by atoms with Crippen LogP contribution in [0.25, 0.3) is 0 Å². The number of alkyl halides is 3. The summed E-state index contributed by atoms with van der Waals surface area (Å²) < 4.78 is 49.2. The number of aromatic nitrogens is 1. The molecule has 1 atom stereocenters. The highest BCUT2D eigenvalue weighted by atomic mass is 35.5. The van der Waals surface area contributed by atoms with Crippen LogP contribution in [-0.2, 0) is 11.2 Å². The molecule has 38 heavy (non-hydrogen) atoms.